The molecule has 0 saturated carbocycles. The summed E-state index contributed by atoms with van der Waals surface area (Å²) in [6.07, 6.45) is 2.09. The first-order valence-electron chi connectivity index (χ1n) is 5.18. The highest BCUT2D eigenvalue weighted by Gasteiger charge is 2.25. The van der Waals surface area contributed by atoms with E-state index in [1.54, 1.807) is 17.8 Å². The minimum absolute atomic E-state index is 0.0671. The van der Waals surface area contributed by atoms with Gasteiger partial charge in [-0.1, -0.05) is 17.7 Å². The lowest BCUT2D eigenvalue weighted by molar-refractivity contribution is 0.482. The van der Waals surface area contributed by atoms with Crippen molar-refractivity contribution in [3.8, 4) is 0 Å². The highest BCUT2D eigenvalue weighted by atomic mass is 32.2. The maximum Gasteiger partial charge on any atom is 0.294 e. The van der Waals surface area contributed by atoms with Gasteiger partial charge in [-0.15, -0.1) is 0 Å². The van der Waals surface area contributed by atoms with Crippen LogP contribution in [0, 0.1) is 6.92 Å². The van der Waals surface area contributed by atoms with Crippen LogP contribution < -0.4 is 0 Å². The molecule has 0 aliphatic carbocycles. The molecule has 0 unspecified atom stereocenters. The molecule has 88 valence electrons. The summed E-state index contributed by atoms with van der Waals surface area (Å²) in [5.41, 5.74) is 1.78. The smallest absolute Gasteiger partial charge is 0.282 e. The Morgan fingerprint density at radius 3 is 2.75 bits per heavy atom. The Morgan fingerprint density at radius 2 is 2.19 bits per heavy atom. The maximum atomic E-state index is 11.3. The van der Waals surface area contributed by atoms with E-state index >= 15 is 0 Å². The molecule has 1 aromatic carbocycles. The second-order valence-corrected chi connectivity index (χ2v) is 6.72. The van der Waals surface area contributed by atoms with Crippen LogP contribution in [0.4, 0.5) is 0 Å². The minimum Gasteiger partial charge on any atom is -0.282 e. The normalized spacial score (nSPS) is 21.2. The molecule has 0 aromatic heterocycles. The molecule has 0 amide bonds. The van der Waals surface area contributed by atoms with Gasteiger partial charge in [0.2, 0.25) is 0 Å². The molecule has 1 aliphatic rings. The number of rotatable bonds is 2. The third-order valence-corrected chi connectivity index (χ3v) is 5.06. The van der Waals surface area contributed by atoms with Gasteiger partial charge in [0.25, 0.3) is 10.1 Å². The van der Waals surface area contributed by atoms with E-state index in [-0.39, 0.29) is 10.1 Å². The topological polar surface area (TPSA) is 54.4 Å². The van der Waals surface area contributed by atoms with Crippen LogP contribution in [0.3, 0.4) is 0 Å². The van der Waals surface area contributed by atoms with Crippen LogP contribution in [0.2, 0.25) is 0 Å². The van der Waals surface area contributed by atoms with Crippen molar-refractivity contribution in [3.05, 3.63) is 29.3 Å². The predicted octanol–water partition coefficient (Wildman–Crippen LogP) is 2.81. The fraction of sp³-hybridized carbons (Fsp3) is 0.455. The van der Waals surface area contributed by atoms with Gasteiger partial charge in [0.15, 0.2) is 0 Å². The Bertz CT molecular complexity index is 488. The van der Waals surface area contributed by atoms with Crippen molar-refractivity contribution < 1.29 is 13.0 Å². The molecule has 1 aromatic rings. The van der Waals surface area contributed by atoms with E-state index in [1.807, 2.05) is 13.0 Å². The Kier molecular flexibility index (Phi) is 3.28. The van der Waals surface area contributed by atoms with Gasteiger partial charge in [-0.25, -0.2) is 0 Å². The molecular weight excluding hydrogens is 244 g/mol. The van der Waals surface area contributed by atoms with Crippen LogP contribution in [0.1, 0.15) is 29.2 Å². The summed E-state index contributed by atoms with van der Waals surface area (Å²) in [7, 11) is -4.10. The van der Waals surface area contributed by atoms with E-state index in [1.165, 1.54) is 6.07 Å². The summed E-state index contributed by atoms with van der Waals surface area (Å²) < 4.78 is 31.7. The van der Waals surface area contributed by atoms with Gasteiger partial charge in [0.05, 0.1) is 4.90 Å². The van der Waals surface area contributed by atoms with Gasteiger partial charge in [-0.05, 0) is 37.1 Å². The van der Waals surface area contributed by atoms with Crippen LogP contribution in [-0.4, -0.2) is 18.7 Å². The highest BCUT2D eigenvalue weighted by molar-refractivity contribution is 7.99. The summed E-state index contributed by atoms with van der Waals surface area (Å²) in [5, 5.41) is 0.205. The lowest BCUT2D eigenvalue weighted by atomic mass is 10.1. The monoisotopic (exact) mass is 258 g/mol. The Morgan fingerprint density at radius 1 is 1.44 bits per heavy atom. The SMILES string of the molecule is Cc1ccc(S(=O)(=O)O)c([C@H]2CCCS2)c1. The fourth-order valence-electron chi connectivity index (χ4n) is 1.98. The van der Waals surface area contributed by atoms with E-state index < -0.39 is 10.1 Å². The Labute approximate surface area is 100 Å². The third kappa shape index (κ3) is 2.42. The standard InChI is InChI=1S/C11H14O3S2/c1-8-4-5-11(16(12,13)14)9(7-8)10-3-2-6-15-10/h4-5,7,10H,2-3,6H2,1H3,(H,12,13,14)/t10-/m1/s1. The van der Waals surface area contributed by atoms with Gasteiger partial charge in [0.1, 0.15) is 0 Å². The average Bonchev–Trinajstić information content (AvgIpc) is 2.68. The largest absolute Gasteiger partial charge is 0.294 e. The molecular formula is C11H14O3S2. The van der Waals surface area contributed by atoms with E-state index in [0.29, 0.717) is 0 Å². The molecule has 0 radical (unpaired) electrons. The first-order valence-corrected chi connectivity index (χ1v) is 7.67. The van der Waals surface area contributed by atoms with E-state index in [9.17, 15) is 13.0 Å². The van der Waals surface area contributed by atoms with Crippen LogP contribution in [-0.2, 0) is 10.1 Å². The van der Waals surface area contributed by atoms with Crippen LogP contribution in [0.25, 0.3) is 0 Å². The van der Waals surface area contributed by atoms with Crippen molar-refractivity contribution in [3.63, 3.8) is 0 Å². The van der Waals surface area contributed by atoms with E-state index in [4.69, 9.17) is 0 Å². The van der Waals surface area contributed by atoms with Gasteiger partial charge < -0.3 is 0 Å². The van der Waals surface area contributed by atoms with Crippen LogP contribution >= 0.6 is 11.8 Å². The maximum absolute atomic E-state index is 11.3. The highest BCUT2D eigenvalue weighted by Crippen LogP contribution is 2.42. The first-order chi connectivity index (χ1) is 7.48. The molecule has 3 nitrogen and oxygen atoms in total. The molecule has 1 fully saturated rings. The summed E-state index contributed by atoms with van der Waals surface area (Å²) in [6.45, 7) is 1.93. The zero-order valence-electron chi connectivity index (χ0n) is 9.01. The van der Waals surface area contributed by atoms with Crippen LogP contribution in [0.5, 0.6) is 0 Å². The third-order valence-electron chi connectivity index (χ3n) is 2.72. The Balaban J connectivity index is 2.52. The van der Waals surface area contributed by atoms with Crippen molar-refractivity contribution >= 4 is 21.9 Å². The molecule has 1 atom stereocenters. The van der Waals surface area contributed by atoms with Gasteiger partial charge in [-0.2, -0.15) is 20.2 Å². The summed E-state index contributed by atoms with van der Waals surface area (Å²) in [6, 6.07) is 5.08. The second-order valence-electron chi connectivity index (χ2n) is 4.02. The average molecular weight is 258 g/mol. The summed E-state index contributed by atoms with van der Waals surface area (Å²) in [4.78, 5) is 0.0671. The molecule has 5 heteroatoms. The van der Waals surface area contributed by atoms with Crippen molar-refractivity contribution in [2.75, 3.05) is 5.75 Å². The molecule has 1 aliphatic heterocycles. The van der Waals surface area contributed by atoms with Gasteiger partial charge >= 0.3 is 0 Å². The molecule has 1 heterocycles. The second kappa shape index (κ2) is 4.39. The Hall–Kier alpha value is -0.520. The van der Waals surface area contributed by atoms with Crippen LogP contribution in [0.15, 0.2) is 23.1 Å². The first kappa shape index (κ1) is 12.0. The van der Waals surface area contributed by atoms with Crippen molar-refractivity contribution in [1.29, 1.82) is 0 Å². The molecule has 16 heavy (non-hydrogen) atoms. The lowest BCUT2D eigenvalue weighted by Gasteiger charge is -2.13. The number of aryl methyl sites for hydroxylation is 1. The zero-order valence-corrected chi connectivity index (χ0v) is 10.6. The zero-order chi connectivity index (χ0) is 11.8. The molecule has 2 rings (SSSR count). The quantitative estimate of drug-likeness (QED) is 0.829. The lowest BCUT2D eigenvalue weighted by Crippen LogP contribution is -2.05. The predicted molar refractivity (Wildman–Crippen MR) is 65.4 cm³/mol. The van der Waals surface area contributed by atoms with Gasteiger partial charge in [-0.3, -0.25) is 4.55 Å². The van der Waals surface area contributed by atoms with Crippen molar-refractivity contribution in [2.24, 2.45) is 0 Å². The van der Waals surface area contributed by atoms with E-state index in [2.05, 4.69) is 0 Å². The van der Waals surface area contributed by atoms with Gasteiger partial charge in [0, 0.05) is 5.25 Å². The number of benzene rings is 1. The molecule has 1 saturated heterocycles. The number of hydrogen-bond donors (Lipinski definition) is 1. The van der Waals surface area contributed by atoms with E-state index in [0.717, 1.165) is 29.7 Å². The van der Waals surface area contributed by atoms with Crippen molar-refractivity contribution in [1.82, 2.24) is 0 Å². The molecule has 1 N–H and O–H groups in total. The van der Waals surface area contributed by atoms with Crippen molar-refractivity contribution in [2.45, 2.75) is 29.9 Å². The molecule has 0 bridgehead atoms. The number of hydrogen-bond acceptors (Lipinski definition) is 3. The summed E-state index contributed by atoms with van der Waals surface area (Å²) >= 11 is 1.76. The molecule has 0 spiro atoms. The number of thioether (sulfide) groups is 1. The minimum atomic E-state index is -4.10. The summed E-state index contributed by atoms with van der Waals surface area (Å²) in [5.74, 6) is 1.06. The fourth-order valence-corrected chi connectivity index (χ4v) is 4.12.